The van der Waals surface area contributed by atoms with Crippen molar-refractivity contribution in [2.45, 2.75) is 31.7 Å². The number of rotatable bonds is 8. The summed E-state index contributed by atoms with van der Waals surface area (Å²) >= 11 is 6.18. The first-order chi connectivity index (χ1) is 14.7. The molecule has 8 nitrogen and oxygen atoms in total. The average molecular weight is 465 g/mol. The second-order valence-electron chi connectivity index (χ2n) is 7.01. The van der Waals surface area contributed by atoms with Crippen molar-refractivity contribution >= 4 is 44.3 Å². The Morgan fingerprint density at radius 3 is 2.39 bits per heavy atom. The zero-order valence-electron chi connectivity index (χ0n) is 17.6. The second-order valence-corrected chi connectivity index (χ2v) is 9.36. The summed E-state index contributed by atoms with van der Waals surface area (Å²) in [5.41, 5.74) is 1.53. The lowest BCUT2D eigenvalue weighted by Crippen LogP contribution is -2.30. The Kier molecular flexibility index (Phi) is 6.88. The number of para-hydroxylation sites is 2. The largest absolute Gasteiger partial charge is 0.328 e. The smallest absolute Gasteiger partial charge is 0.325 e. The Hall–Kier alpha value is -2.62. The summed E-state index contributed by atoms with van der Waals surface area (Å²) in [5, 5.41) is 2.90. The number of fused-ring (bicyclic) bond motifs is 1. The molecular formula is C21H25ClN4O4S. The molecule has 0 bridgehead atoms. The van der Waals surface area contributed by atoms with E-state index in [1.807, 2.05) is 24.3 Å². The fourth-order valence-corrected chi connectivity index (χ4v) is 5.13. The molecule has 0 spiro atoms. The molecule has 3 aromatic rings. The van der Waals surface area contributed by atoms with E-state index in [1.54, 1.807) is 20.9 Å². The minimum absolute atomic E-state index is 0.0251. The van der Waals surface area contributed by atoms with Crippen LogP contribution in [0.2, 0.25) is 5.02 Å². The zero-order valence-corrected chi connectivity index (χ0v) is 19.2. The lowest BCUT2D eigenvalue weighted by Gasteiger charge is -2.19. The van der Waals surface area contributed by atoms with E-state index in [-0.39, 0.29) is 40.2 Å². The molecule has 1 amide bonds. The number of hydrogen-bond acceptors (Lipinski definition) is 4. The van der Waals surface area contributed by atoms with Gasteiger partial charge in [0.05, 0.1) is 26.6 Å². The van der Waals surface area contributed by atoms with Crippen LogP contribution in [0.15, 0.2) is 52.2 Å². The molecule has 0 saturated carbocycles. The van der Waals surface area contributed by atoms with Gasteiger partial charge in [-0.2, -0.15) is 4.31 Å². The summed E-state index contributed by atoms with van der Waals surface area (Å²) in [7, 11) is -2.00. The van der Waals surface area contributed by atoms with Crippen molar-refractivity contribution in [3.63, 3.8) is 0 Å². The van der Waals surface area contributed by atoms with Crippen molar-refractivity contribution in [1.82, 2.24) is 13.4 Å². The number of hydrogen-bond donors (Lipinski definition) is 1. The SMILES string of the molecule is CCN(CC)S(=O)(=O)c1ccc(Cl)c(NC(=O)CCn2c(=O)n(C)c3ccccc32)c1. The van der Waals surface area contributed by atoms with Crippen molar-refractivity contribution in [2.75, 3.05) is 18.4 Å². The Balaban J connectivity index is 1.79. The van der Waals surface area contributed by atoms with Crippen LogP contribution in [-0.2, 0) is 28.4 Å². The number of aryl methyl sites for hydroxylation is 2. The van der Waals surface area contributed by atoms with E-state index in [1.165, 1.54) is 31.6 Å². The third-order valence-corrected chi connectivity index (χ3v) is 7.54. The van der Waals surface area contributed by atoms with Crippen LogP contribution in [0.5, 0.6) is 0 Å². The summed E-state index contributed by atoms with van der Waals surface area (Å²) in [6.07, 6.45) is 0.0251. The van der Waals surface area contributed by atoms with Crippen LogP contribution in [0.25, 0.3) is 11.0 Å². The Labute approximate surface area is 186 Å². The van der Waals surface area contributed by atoms with Crippen molar-refractivity contribution in [2.24, 2.45) is 7.05 Å². The average Bonchev–Trinajstić information content (AvgIpc) is 2.99. The maximum Gasteiger partial charge on any atom is 0.328 e. The van der Waals surface area contributed by atoms with Gasteiger partial charge in [-0.3, -0.25) is 13.9 Å². The van der Waals surface area contributed by atoms with Crippen molar-refractivity contribution in [3.8, 4) is 0 Å². The molecule has 2 aromatic carbocycles. The van der Waals surface area contributed by atoms with Crippen LogP contribution in [0.3, 0.4) is 0 Å². The Morgan fingerprint density at radius 1 is 1.10 bits per heavy atom. The van der Waals surface area contributed by atoms with Gasteiger partial charge in [0, 0.05) is 33.1 Å². The molecule has 166 valence electrons. The highest BCUT2D eigenvalue weighted by Gasteiger charge is 2.23. The van der Waals surface area contributed by atoms with Gasteiger partial charge in [-0.1, -0.05) is 37.6 Å². The fraction of sp³-hybridized carbons (Fsp3) is 0.333. The Morgan fingerprint density at radius 2 is 1.74 bits per heavy atom. The first-order valence-electron chi connectivity index (χ1n) is 9.94. The summed E-state index contributed by atoms with van der Waals surface area (Å²) in [5.74, 6) is -0.376. The molecule has 1 heterocycles. The number of carbonyl (C=O) groups is 1. The van der Waals surface area contributed by atoms with Gasteiger partial charge in [0.1, 0.15) is 0 Å². The predicted octanol–water partition coefficient (Wildman–Crippen LogP) is 3.05. The number of imidazole rings is 1. The van der Waals surface area contributed by atoms with Gasteiger partial charge in [0.25, 0.3) is 0 Å². The van der Waals surface area contributed by atoms with E-state index in [9.17, 15) is 18.0 Å². The number of sulfonamides is 1. The number of anilines is 1. The number of carbonyl (C=O) groups excluding carboxylic acids is 1. The lowest BCUT2D eigenvalue weighted by molar-refractivity contribution is -0.116. The first kappa shape index (κ1) is 23.1. The van der Waals surface area contributed by atoms with Crippen LogP contribution in [0, 0.1) is 0 Å². The quantitative estimate of drug-likeness (QED) is 0.554. The molecule has 0 atom stereocenters. The fourth-order valence-electron chi connectivity index (χ4n) is 3.48. The van der Waals surface area contributed by atoms with Crippen molar-refractivity contribution in [1.29, 1.82) is 0 Å². The van der Waals surface area contributed by atoms with Gasteiger partial charge in [-0.25, -0.2) is 13.2 Å². The molecule has 1 aromatic heterocycles. The zero-order chi connectivity index (χ0) is 22.8. The first-order valence-corrected chi connectivity index (χ1v) is 11.8. The van der Waals surface area contributed by atoms with Gasteiger partial charge in [0.15, 0.2) is 0 Å². The maximum absolute atomic E-state index is 12.7. The van der Waals surface area contributed by atoms with E-state index in [4.69, 9.17) is 11.6 Å². The normalized spacial score (nSPS) is 11.9. The van der Waals surface area contributed by atoms with Crippen LogP contribution >= 0.6 is 11.6 Å². The van der Waals surface area contributed by atoms with E-state index in [2.05, 4.69) is 5.32 Å². The molecule has 0 unspecified atom stereocenters. The molecule has 1 N–H and O–H groups in total. The molecule has 0 saturated heterocycles. The predicted molar refractivity (Wildman–Crippen MR) is 122 cm³/mol. The highest BCUT2D eigenvalue weighted by molar-refractivity contribution is 7.89. The van der Waals surface area contributed by atoms with E-state index >= 15 is 0 Å². The summed E-state index contributed by atoms with van der Waals surface area (Å²) < 4.78 is 29.9. The highest BCUT2D eigenvalue weighted by atomic mass is 35.5. The van der Waals surface area contributed by atoms with Crippen LogP contribution in [-0.4, -0.2) is 40.9 Å². The molecule has 10 heteroatoms. The minimum Gasteiger partial charge on any atom is -0.325 e. The third kappa shape index (κ3) is 4.53. The molecule has 0 fully saturated rings. The summed E-state index contributed by atoms with van der Waals surface area (Å²) in [4.78, 5) is 25.1. The molecule has 0 aliphatic rings. The minimum atomic E-state index is -3.68. The van der Waals surface area contributed by atoms with Gasteiger partial charge >= 0.3 is 5.69 Å². The third-order valence-electron chi connectivity index (χ3n) is 5.17. The standard InChI is InChI=1S/C21H25ClN4O4S/c1-4-25(5-2)31(29,30)15-10-11-16(22)17(14-15)23-20(27)12-13-26-19-9-7-6-8-18(19)24(3)21(26)28/h6-11,14H,4-5,12-13H2,1-3H3,(H,23,27). The highest BCUT2D eigenvalue weighted by Crippen LogP contribution is 2.27. The number of nitrogens with one attached hydrogen (secondary N) is 1. The molecule has 31 heavy (non-hydrogen) atoms. The van der Waals surface area contributed by atoms with Crippen LogP contribution in [0.1, 0.15) is 20.3 Å². The lowest BCUT2D eigenvalue weighted by atomic mass is 10.3. The van der Waals surface area contributed by atoms with Gasteiger partial charge in [-0.15, -0.1) is 0 Å². The van der Waals surface area contributed by atoms with Gasteiger partial charge in [-0.05, 0) is 30.3 Å². The second kappa shape index (κ2) is 9.25. The molecule has 0 aliphatic heterocycles. The number of amides is 1. The van der Waals surface area contributed by atoms with E-state index < -0.39 is 10.0 Å². The molecule has 0 aliphatic carbocycles. The van der Waals surface area contributed by atoms with Crippen molar-refractivity contribution < 1.29 is 13.2 Å². The van der Waals surface area contributed by atoms with Crippen molar-refractivity contribution in [3.05, 3.63) is 58.0 Å². The number of aromatic nitrogens is 2. The van der Waals surface area contributed by atoms with Gasteiger partial charge < -0.3 is 5.32 Å². The van der Waals surface area contributed by atoms with E-state index in [0.29, 0.717) is 13.1 Å². The molecular weight excluding hydrogens is 440 g/mol. The summed E-state index contributed by atoms with van der Waals surface area (Å²) in [6, 6.07) is 11.6. The topological polar surface area (TPSA) is 93.4 Å². The molecule has 0 radical (unpaired) electrons. The van der Waals surface area contributed by atoms with Crippen LogP contribution in [0.4, 0.5) is 5.69 Å². The Bertz CT molecular complexity index is 1280. The van der Waals surface area contributed by atoms with E-state index in [0.717, 1.165) is 11.0 Å². The number of nitrogens with zero attached hydrogens (tertiary/aromatic N) is 3. The molecule has 3 rings (SSSR count). The monoisotopic (exact) mass is 464 g/mol. The van der Waals surface area contributed by atoms with Gasteiger partial charge in [0.2, 0.25) is 15.9 Å². The number of halogens is 1. The summed E-state index contributed by atoms with van der Waals surface area (Å²) in [6.45, 7) is 4.37. The number of benzene rings is 2. The van der Waals surface area contributed by atoms with Crippen LogP contribution < -0.4 is 11.0 Å². The maximum atomic E-state index is 12.7.